The van der Waals surface area contributed by atoms with E-state index in [9.17, 15) is 13.6 Å². The highest BCUT2D eigenvalue weighted by atomic mass is 19.2. The van der Waals surface area contributed by atoms with Crippen LogP contribution in [0, 0.1) is 11.6 Å². The Kier molecular flexibility index (Phi) is 3.24. The monoisotopic (exact) mass is 215 g/mol. The van der Waals surface area contributed by atoms with Gasteiger partial charge in [0, 0.05) is 0 Å². The zero-order chi connectivity index (χ0) is 11.6. The summed E-state index contributed by atoms with van der Waals surface area (Å²) in [5.74, 6) is -3.08. The fraction of sp³-hybridized carbons (Fsp3) is 0.300. The molecule has 2 N–H and O–H groups in total. The molecule has 0 saturated carbocycles. The average molecular weight is 215 g/mol. The van der Waals surface area contributed by atoms with Crippen LogP contribution in [-0.4, -0.2) is 12.1 Å². The Bertz CT molecular complexity index is 391. The number of hydrogen-bond donors (Lipinski definition) is 1. The Balaban J connectivity index is 3.06. The molecule has 0 bridgehead atoms. The quantitative estimate of drug-likeness (QED) is 0.607. The number of carbonyl (C=O) groups is 1. The van der Waals surface area contributed by atoms with Crippen LogP contribution in [0.25, 0.3) is 0 Å². The summed E-state index contributed by atoms with van der Waals surface area (Å²) in [4.78, 5) is 11.3. The maximum atomic E-state index is 13.0. The van der Waals surface area contributed by atoms with Crippen molar-refractivity contribution in [3.8, 4) is 0 Å². The summed E-state index contributed by atoms with van der Waals surface area (Å²) in [5, 5.41) is 0. The van der Waals surface area contributed by atoms with Crippen LogP contribution in [0.1, 0.15) is 24.2 Å². The molecular formula is C10H11F2NO2. The third kappa shape index (κ3) is 2.43. The van der Waals surface area contributed by atoms with E-state index in [4.69, 9.17) is 10.5 Å². The summed E-state index contributed by atoms with van der Waals surface area (Å²) in [6, 6.07) is 1.93. The van der Waals surface area contributed by atoms with E-state index in [0.717, 1.165) is 12.1 Å². The maximum Gasteiger partial charge on any atom is 0.340 e. The van der Waals surface area contributed by atoms with Gasteiger partial charge >= 0.3 is 5.97 Å². The van der Waals surface area contributed by atoms with Crippen LogP contribution in [0.15, 0.2) is 12.1 Å². The molecule has 0 fully saturated rings. The second-order valence-electron chi connectivity index (χ2n) is 3.28. The van der Waals surface area contributed by atoms with Crippen molar-refractivity contribution in [1.29, 1.82) is 0 Å². The van der Waals surface area contributed by atoms with E-state index in [1.54, 1.807) is 13.8 Å². The molecule has 0 amide bonds. The summed E-state index contributed by atoms with van der Waals surface area (Å²) in [6.07, 6.45) is -0.343. The molecule has 82 valence electrons. The van der Waals surface area contributed by atoms with E-state index in [0.29, 0.717) is 0 Å². The largest absolute Gasteiger partial charge is 0.459 e. The fourth-order valence-electron chi connectivity index (χ4n) is 1.02. The van der Waals surface area contributed by atoms with E-state index >= 15 is 0 Å². The van der Waals surface area contributed by atoms with Crippen LogP contribution in [0.2, 0.25) is 0 Å². The smallest absolute Gasteiger partial charge is 0.340 e. The highest BCUT2D eigenvalue weighted by molar-refractivity contribution is 5.95. The number of esters is 1. The molecular weight excluding hydrogens is 204 g/mol. The van der Waals surface area contributed by atoms with Crippen molar-refractivity contribution in [2.45, 2.75) is 20.0 Å². The van der Waals surface area contributed by atoms with Gasteiger partial charge in [-0.05, 0) is 26.0 Å². The molecule has 0 heterocycles. The van der Waals surface area contributed by atoms with Gasteiger partial charge < -0.3 is 10.5 Å². The molecule has 0 unspecified atom stereocenters. The van der Waals surface area contributed by atoms with Crippen LogP contribution < -0.4 is 5.73 Å². The average Bonchev–Trinajstić information content (AvgIpc) is 2.13. The van der Waals surface area contributed by atoms with Crippen LogP contribution >= 0.6 is 0 Å². The minimum absolute atomic E-state index is 0.164. The number of nitrogen functional groups attached to an aromatic ring is 1. The Morgan fingerprint density at radius 3 is 2.53 bits per heavy atom. The van der Waals surface area contributed by atoms with Crippen molar-refractivity contribution in [3.05, 3.63) is 29.3 Å². The summed E-state index contributed by atoms with van der Waals surface area (Å²) >= 11 is 0. The number of rotatable bonds is 2. The van der Waals surface area contributed by atoms with Crippen molar-refractivity contribution in [1.82, 2.24) is 0 Å². The predicted molar refractivity (Wildman–Crippen MR) is 51.3 cm³/mol. The van der Waals surface area contributed by atoms with Gasteiger partial charge in [0.2, 0.25) is 0 Å². The molecule has 1 aromatic carbocycles. The third-order valence-corrected chi connectivity index (χ3v) is 1.70. The second kappa shape index (κ2) is 4.25. The van der Waals surface area contributed by atoms with E-state index in [2.05, 4.69) is 0 Å². The number of hydrogen-bond acceptors (Lipinski definition) is 3. The van der Waals surface area contributed by atoms with Crippen molar-refractivity contribution in [2.75, 3.05) is 5.73 Å². The molecule has 3 nitrogen and oxygen atoms in total. The molecule has 0 radical (unpaired) electrons. The SMILES string of the molecule is CC(C)OC(=O)c1ccc(F)c(F)c1N. The van der Waals surface area contributed by atoms with Crippen LogP contribution in [0.5, 0.6) is 0 Å². The Hall–Kier alpha value is -1.65. The van der Waals surface area contributed by atoms with E-state index < -0.39 is 23.3 Å². The van der Waals surface area contributed by atoms with Gasteiger partial charge in [-0.2, -0.15) is 0 Å². The summed E-state index contributed by atoms with van der Waals surface area (Å²) in [6.45, 7) is 3.29. The molecule has 0 saturated heterocycles. The highest BCUT2D eigenvalue weighted by Crippen LogP contribution is 2.20. The lowest BCUT2D eigenvalue weighted by molar-refractivity contribution is 0.0378. The number of nitrogens with two attached hydrogens (primary N) is 1. The molecule has 0 aliphatic heterocycles. The molecule has 0 atom stereocenters. The molecule has 15 heavy (non-hydrogen) atoms. The van der Waals surface area contributed by atoms with E-state index in [1.807, 2.05) is 0 Å². The number of halogens is 2. The van der Waals surface area contributed by atoms with Crippen molar-refractivity contribution in [2.24, 2.45) is 0 Å². The van der Waals surface area contributed by atoms with E-state index in [1.165, 1.54) is 0 Å². The third-order valence-electron chi connectivity index (χ3n) is 1.70. The van der Waals surface area contributed by atoms with Gasteiger partial charge in [-0.15, -0.1) is 0 Å². The van der Waals surface area contributed by atoms with Gasteiger partial charge in [0.15, 0.2) is 11.6 Å². The van der Waals surface area contributed by atoms with Gasteiger partial charge in [-0.25, -0.2) is 13.6 Å². The number of anilines is 1. The number of ether oxygens (including phenoxy) is 1. The number of benzene rings is 1. The van der Waals surface area contributed by atoms with Crippen molar-refractivity contribution in [3.63, 3.8) is 0 Å². The Labute approximate surface area is 85.8 Å². The summed E-state index contributed by atoms with van der Waals surface area (Å²) in [5.41, 5.74) is 4.55. The molecule has 1 rings (SSSR count). The van der Waals surface area contributed by atoms with Gasteiger partial charge in [0.1, 0.15) is 0 Å². The van der Waals surface area contributed by atoms with Gasteiger partial charge in [-0.1, -0.05) is 0 Å². The second-order valence-corrected chi connectivity index (χ2v) is 3.28. The summed E-state index contributed by atoms with van der Waals surface area (Å²) in [7, 11) is 0. The Morgan fingerprint density at radius 1 is 1.40 bits per heavy atom. The first-order valence-electron chi connectivity index (χ1n) is 4.38. The Morgan fingerprint density at radius 2 is 2.00 bits per heavy atom. The molecule has 0 spiro atoms. The van der Waals surface area contributed by atoms with Gasteiger partial charge in [0.25, 0.3) is 0 Å². The predicted octanol–water partition coefficient (Wildman–Crippen LogP) is 2.11. The lowest BCUT2D eigenvalue weighted by Crippen LogP contribution is -2.14. The first kappa shape index (κ1) is 11.4. The molecule has 0 aliphatic carbocycles. The standard InChI is InChI=1S/C10H11F2NO2/c1-5(2)15-10(14)6-3-4-7(11)8(12)9(6)13/h3-5H,13H2,1-2H3. The zero-order valence-electron chi connectivity index (χ0n) is 8.38. The first-order valence-corrected chi connectivity index (χ1v) is 4.38. The topological polar surface area (TPSA) is 52.3 Å². The molecule has 1 aromatic rings. The van der Waals surface area contributed by atoms with Crippen molar-refractivity contribution < 1.29 is 18.3 Å². The molecule has 5 heteroatoms. The lowest BCUT2D eigenvalue weighted by atomic mass is 10.1. The zero-order valence-corrected chi connectivity index (χ0v) is 8.38. The molecule has 0 aliphatic rings. The minimum atomic E-state index is -1.23. The van der Waals surface area contributed by atoms with Crippen LogP contribution in [0.3, 0.4) is 0 Å². The highest BCUT2D eigenvalue weighted by Gasteiger charge is 2.17. The van der Waals surface area contributed by atoms with Crippen molar-refractivity contribution >= 4 is 11.7 Å². The normalized spacial score (nSPS) is 10.5. The van der Waals surface area contributed by atoms with Gasteiger partial charge in [0.05, 0.1) is 17.4 Å². The summed E-state index contributed by atoms with van der Waals surface area (Å²) < 4.78 is 30.5. The fourth-order valence-corrected chi connectivity index (χ4v) is 1.02. The number of carbonyl (C=O) groups excluding carboxylic acids is 1. The molecule has 0 aromatic heterocycles. The lowest BCUT2D eigenvalue weighted by Gasteiger charge is -2.10. The minimum Gasteiger partial charge on any atom is -0.459 e. The van der Waals surface area contributed by atoms with Gasteiger partial charge in [-0.3, -0.25) is 0 Å². The first-order chi connectivity index (χ1) is 6.93. The van der Waals surface area contributed by atoms with Crippen LogP contribution in [-0.2, 0) is 4.74 Å². The van der Waals surface area contributed by atoms with E-state index in [-0.39, 0.29) is 11.7 Å². The van der Waals surface area contributed by atoms with Crippen LogP contribution in [0.4, 0.5) is 14.5 Å². The maximum absolute atomic E-state index is 13.0.